The predicted octanol–water partition coefficient (Wildman–Crippen LogP) is 1.83. The number of furan rings is 1. The van der Waals surface area contributed by atoms with Crippen LogP contribution in [0, 0.1) is 6.92 Å². The zero-order valence-electron chi connectivity index (χ0n) is 9.91. The number of sulfonamides is 1. The second kappa shape index (κ2) is 5.16. The Kier molecular flexibility index (Phi) is 3.74. The van der Waals surface area contributed by atoms with Gasteiger partial charge in [-0.05, 0) is 29.3 Å². The first-order valence-electron chi connectivity index (χ1n) is 5.24. The number of nitrogens with one attached hydrogen (secondary N) is 1. The minimum absolute atomic E-state index is 0.0511. The Labute approximate surface area is 113 Å². The molecule has 2 N–H and O–H groups in total. The third-order valence-electron chi connectivity index (χ3n) is 2.42. The molecule has 0 amide bonds. The number of aromatic carboxylic acids is 1. The minimum atomic E-state index is -3.78. The second-order valence-electron chi connectivity index (χ2n) is 3.79. The molecule has 8 heteroatoms. The molecule has 2 rings (SSSR count). The summed E-state index contributed by atoms with van der Waals surface area (Å²) < 4.78 is 31.3. The predicted molar refractivity (Wildman–Crippen MR) is 68.7 cm³/mol. The van der Waals surface area contributed by atoms with E-state index >= 15 is 0 Å². The van der Waals surface area contributed by atoms with Gasteiger partial charge < -0.3 is 9.52 Å². The van der Waals surface area contributed by atoms with E-state index in [1.165, 1.54) is 18.3 Å². The summed E-state index contributed by atoms with van der Waals surface area (Å²) in [7, 11) is -3.78. The maximum absolute atomic E-state index is 12.0. The first kappa shape index (κ1) is 13.8. The summed E-state index contributed by atoms with van der Waals surface area (Å²) in [5.74, 6) is -1.65. The van der Waals surface area contributed by atoms with Crippen LogP contribution in [0.2, 0.25) is 0 Å². The number of thiophene rings is 1. The molecular formula is C11H11NO5S2. The van der Waals surface area contributed by atoms with Crippen LogP contribution in [0.15, 0.2) is 32.2 Å². The van der Waals surface area contributed by atoms with E-state index in [2.05, 4.69) is 4.72 Å². The van der Waals surface area contributed by atoms with Gasteiger partial charge in [-0.25, -0.2) is 17.9 Å². The third-order valence-corrected chi connectivity index (χ3v) is 4.66. The van der Waals surface area contributed by atoms with Crippen LogP contribution >= 0.6 is 11.3 Å². The Morgan fingerprint density at radius 3 is 2.79 bits per heavy atom. The average molecular weight is 301 g/mol. The summed E-state index contributed by atoms with van der Waals surface area (Å²) in [5.41, 5.74) is 0.841. The molecule has 0 aliphatic carbocycles. The van der Waals surface area contributed by atoms with Crippen LogP contribution < -0.4 is 4.72 Å². The molecule has 19 heavy (non-hydrogen) atoms. The molecule has 102 valence electrons. The highest BCUT2D eigenvalue weighted by atomic mass is 32.2. The van der Waals surface area contributed by atoms with Crippen molar-refractivity contribution in [2.24, 2.45) is 0 Å². The van der Waals surface area contributed by atoms with E-state index in [0.29, 0.717) is 0 Å². The molecule has 0 bridgehead atoms. The molecule has 0 spiro atoms. The van der Waals surface area contributed by atoms with Crippen LogP contribution in [0.25, 0.3) is 0 Å². The maximum atomic E-state index is 12.0. The van der Waals surface area contributed by atoms with E-state index in [-0.39, 0.29) is 17.2 Å². The highest BCUT2D eigenvalue weighted by Crippen LogP contribution is 2.20. The average Bonchev–Trinajstić information content (AvgIpc) is 2.95. The SMILES string of the molecule is Cc1oc(C(=O)O)cc1S(=O)(=O)NCc1ccsc1. The normalized spacial score (nSPS) is 11.6. The first-order chi connectivity index (χ1) is 8.90. The van der Waals surface area contributed by atoms with Gasteiger partial charge in [-0.3, -0.25) is 0 Å². The van der Waals surface area contributed by atoms with E-state index in [9.17, 15) is 13.2 Å². The van der Waals surface area contributed by atoms with Gasteiger partial charge in [0.1, 0.15) is 10.7 Å². The Balaban J connectivity index is 2.22. The summed E-state index contributed by atoms with van der Waals surface area (Å²) in [6, 6.07) is 2.81. The monoisotopic (exact) mass is 301 g/mol. The quantitative estimate of drug-likeness (QED) is 0.878. The van der Waals surface area contributed by atoms with Gasteiger partial charge in [0.05, 0.1) is 0 Å². The van der Waals surface area contributed by atoms with Crippen molar-refractivity contribution in [2.45, 2.75) is 18.4 Å². The van der Waals surface area contributed by atoms with E-state index < -0.39 is 21.8 Å². The van der Waals surface area contributed by atoms with E-state index in [4.69, 9.17) is 9.52 Å². The topological polar surface area (TPSA) is 96.6 Å². The van der Waals surface area contributed by atoms with E-state index in [1.54, 1.807) is 6.07 Å². The fraction of sp³-hybridized carbons (Fsp3) is 0.182. The molecule has 0 unspecified atom stereocenters. The van der Waals surface area contributed by atoms with Crippen molar-refractivity contribution in [3.8, 4) is 0 Å². The third kappa shape index (κ3) is 3.03. The summed E-state index contributed by atoms with van der Waals surface area (Å²) in [4.78, 5) is 10.6. The molecule has 6 nitrogen and oxygen atoms in total. The van der Waals surface area contributed by atoms with E-state index in [0.717, 1.165) is 11.6 Å². The number of rotatable bonds is 5. The highest BCUT2D eigenvalue weighted by molar-refractivity contribution is 7.89. The van der Waals surface area contributed by atoms with Gasteiger partial charge in [-0.15, -0.1) is 0 Å². The smallest absolute Gasteiger partial charge is 0.371 e. The molecule has 0 saturated heterocycles. The molecule has 0 atom stereocenters. The summed E-state index contributed by atoms with van der Waals surface area (Å²) in [6.07, 6.45) is 0. The van der Waals surface area contributed by atoms with Crippen LogP contribution in [-0.4, -0.2) is 19.5 Å². The molecule has 2 aromatic heterocycles. The van der Waals surface area contributed by atoms with E-state index in [1.807, 2.05) is 10.8 Å². The summed E-state index contributed by atoms with van der Waals surface area (Å²) >= 11 is 1.47. The van der Waals surface area contributed by atoms with Crippen LogP contribution in [0.4, 0.5) is 0 Å². The van der Waals surface area contributed by atoms with Gasteiger partial charge >= 0.3 is 5.97 Å². The van der Waals surface area contributed by atoms with Gasteiger partial charge in [0.15, 0.2) is 0 Å². The molecule has 0 saturated carbocycles. The van der Waals surface area contributed by atoms with Crippen LogP contribution in [0.3, 0.4) is 0 Å². The van der Waals surface area contributed by atoms with Crippen LogP contribution in [0.5, 0.6) is 0 Å². The Morgan fingerprint density at radius 2 is 2.26 bits per heavy atom. The zero-order valence-corrected chi connectivity index (χ0v) is 11.5. The number of carboxylic acids is 1. The van der Waals surface area contributed by atoms with Crippen LogP contribution in [0.1, 0.15) is 21.9 Å². The molecule has 0 radical (unpaired) electrons. The Morgan fingerprint density at radius 1 is 1.53 bits per heavy atom. The van der Waals surface area contributed by atoms with Crippen molar-refractivity contribution < 1.29 is 22.7 Å². The molecule has 0 fully saturated rings. The molecule has 2 aromatic rings. The van der Waals surface area contributed by atoms with Crippen molar-refractivity contribution in [2.75, 3.05) is 0 Å². The molecule has 0 aromatic carbocycles. The maximum Gasteiger partial charge on any atom is 0.371 e. The Bertz CT molecular complexity index is 685. The number of hydrogen-bond donors (Lipinski definition) is 2. The number of carbonyl (C=O) groups is 1. The van der Waals surface area contributed by atoms with Crippen molar-refractivity contribution in [1.82, 2.24) is 4.72 Å². The summed E-state index contributed by atoms with van der Waals surface area (Å²) in [5, 5.41) is 12.4. The number of aryl methyl sites for hydroxylation is 1. The lowest BCUT2D eigenvalue weighted by atomic mass is 10.4. The zero-order chi connectivity index (χ0) is 14.0. The van der Waals surface area contributed by atoms with Gasteiger partial charge in [-0.1, -0.05) is 0 Å². The molecule has 0 aliphatic rings. The number of carboxylic acid groups (broad SMARTS) is 1. The molecule has 2 heterocycles. The van der Waals surface area contributed by atoms with Crippen molar-refractivity contribution in [3.63, 3.8) is 0 Å². The first-order valence-corrected chi connectivity index (χ1v) is 7.67. The van der Waals surface area contributed by atoms with Gasteiger partial charge in [-0.2, -0.15) is 11.3 Å². The Hall–Kier alpha value is -1.64. The fourth-order valence-corrected chi connectivity index (χ4v) is 3.35. The molecule has 0 aliphatic heterocycles. The molecular weight excluding hydrogens is 290 g/mol. The van der Waals surface area contributed by atoms with Gasteiger partial charge in [0, 0.05) is 12.6 Å². The minimum Gasteiger partial charge on any atom is -0.475 e. The lowest BCUT2D eigenvalue weighted by Gasteiger charge is -2.03. The van der Waals surface area contributed by atoms with Gasteiger partial charge in [0.2, 0.25) is 15.8 Å². The number of hydrogen-bond acceptors (Lipinski definition) is 5. The van der Waals surface area contributed by atoms with Crippen molar-refractivity contribution in [1.29, 1.82) is 0 Å². The highest BCUT2D eigenvalue weighted by Gasteiger charge is 2.23. The second-order valence-corrected chi connectivity index (χ2v) is 6.31. The van der Waals surface area contributed by atoms with Crippen molar-refractivity contribution >= 4 is 27.3 Å². The largest absolute Gasteiger partial charge is 0.475 e. The standard InChI is InChI=1S/C11H11NO5S2/c1-7-10(4-9(17-7)11(13)14)19(15,16)12-5-8-2-3-18-6-8/h2-4,6,12H,5H2,1H3,(H,13,14). The lowest BCUT2D eigenvalue weighted by molar-refractivity contribution is 0.0661. The summed E-state index contributed by atoms with van der Waals surface area (Å²) in [6.45, 7) is 1.56. The van der Waals surface area contributed by atoms with Crippen molar-refractivity contribution in [3.05, 3.63) is 40.0 Å². The lowest BCUT2D eigenvalue weighted by Crippen LogP contribution is -2.23. The van der Waals surface area contributed by atoms with Gasteiger partial charge in [0.25, 0.3) is 0 Å². The fourth-order valence-electron chi connectivity index (χ4n) is 1.49. The van der Waals surface area contributed by atoms with Crippen LogP contribution in [-0.2, 0) is 16.6 Å².